The Morgan fingerprint density at radius 1 is 1.69 bits per heavy atom. The highest BCUT2D eigenvalue weighted by atomic mass is 16.1. The Labute approximate surface area is 97.6 Å². The Morgan fingerprint density at radius 2 is 2.44 bits per heavy atom. The van der Waals surface area contributed by atoms with E-state index >= 15 is 0 Å². The number of hydrogen-bond donors (Lipinski definition) is 1. The Hall–Kier alpha value is -1.08. The second-order valence-corrected chi connectivity index (χ2v) is 4.63. The summed E-state index contributed by atoms with van der Waals surface area (Å²) in [7, 11) is 2.09. The summed E-state index contributed by atoms with van der Waals surface area (Å²) in [4.78, 5) is 13.9. The normalized spacial score (nSPS) is 22.7. The molecule has 4 heteroatoms. The van der Waals surface area contributed by atoms with Crippen LogP contribution in [0.5, 0.6) is 0 Å². The summed E-state index contributed by atoms with van der Waals surface area (Å²) in [6, 6.07) is 2.06. The molecule has 1 rings (SSSR count). The Kier molecular flexibility index (Phi) is 5.27. The van der Waals surface area contributed by atoms with E-state index in [9.17, 15) is 4.79 Å². The minimum absolute atomic E-state index is 0.0982. The maximum atomic E-state index is 11.7. The molecule has 1 saturated heterocycles. The molecule has 0 saturated carbocycles. The van der Waals surface area contributed by atoms with Crippen LogP contribution in [0.25, 0.3) is 0 Å². The number of amides is 1. The SMILES string of the molecule is CCCC(C#N)C(=O)NCC1CCN(C)C1. The molecule has 2 unspecified atom stereocenters. The van der Waals surface area contributed by atoms with Gasteiger partial charge >= 0.3 is 0 Å². The maximum Gasteiger partial charge on any atom is 0.237 e. The number of rotatable bonds is 5. The van der Waals surface area contributed by atoms with E-state index in [4.69, 9.17) is 5.26 Å². The van der Waals surface area contributed by atoms with Crippen molar-refractivity contribution in [2.75, 3.05) is 26.7 Å². The molecule has 0 aliphatic carbocycles. The fourth-order valence-electron chi connectivity index (χ4n) is 2.10. The predicted octanol–water partition coefficient (Wildman–Crippen LogP) is 0.994. The van der Waals surface area contributed by atoms with Crippen molar-refractivity contribution < 1.29 is 4.79 Å². The molecule has 0 bridgehead atoms. The molecular weight excluding hydrogens is 202 g/mol. The van der Waals surface area contributed by atoms with Gasteiger partial charge in [0.25, 0.3) is 0 Å². The van der Waals surface area contributed by atoms with Crippen LogP contribution in [0.3, 0.4) is 0 Å². The first-order valence-electron chi connectivity index (χ1n) is 6.03. The topological polar surface area (TPSA) is 56.1 Å². The molecule has 0 radical (unpaired) electrons. The fourth-order valence-corrected chi connectivity index (χ4v) is 2.10. The minimum atomic E-state index is -0.468. The highest BCUT2D eigenvalue weighted by Crippen LogP contribution is 2.13. The third-order valence-corrected chi connectivity index (χ3v) is 3.10. The monoisotopic (exact) mass is 223 g/mol. The zero-order valence-electron chi connectivity index (χ0n) is 10.2. The summed E-state index contributed by atoms with van der Waals surface area (Å²) in [5.41, 5.74) is 0. The summed E-state index contributed by atoms with van der Waals surface area (Å²) in [6.45, 7) is 4.86. The van der Waals surface area contributed by atoms with Crippen LogP contribution in [-0.2, 0) is 4.79 Å². The van der Waals surface area contributed by atoms with Gasteiger partial charge in [0, 0.05) is 13.1 Å². The number of nitrogens with zero attached hydrogens (tertiary/aromatic N) is 2. The molecule has 1 amide bonds. The van der Waals surface area contributed by atoms with Gasteiger partial charge in [-0.25, -0.2) is 0 Å². The number of carbonyl (C=O) groups excluding carboxylic acids is 1. The van der Waals surface area contributed by atoms with E-state index in [-0.39, 0.29) is 5.91 Å². The molecule has 4 nitrogen and oxygen atoms in total. The highest BCUT2D eigenvalue weighted by Gasteiger charge is 2.22. The first-order chi connectivity index (χ1) is 7.67. The van der Waals surface area contributed by atoms with E-state index < -0.39 is 5.92 Å². The van der Waals surface area contributed by atoms with Crippen molar-refractivity contribution in [1.82, 2.24) is 10.2 Å². The van der Waals surface area contributed by atoms with E-state index in [0.717, 1.165) is 25.9 Å². The molecule has 1 aliphatic heterocycles. The van der Waals surface area contributed by atoms with E-state index in [0.29, 0.717) is 18.9 Å². The summed E-state index contributed by atoms with van der Waals surface area (Å²) >= 11 is 0. The first kappa shape index (κ1) is 13.0. The number of nitriles is 1. The van der Waals surface area contributed by atoms with E-state index in [1.165, 1.54) is 0 Å². The summed E-state index contributed by atoms with van der Waals surface area (Å²) in [6.07, 6.45) is 2.67. The second kappa shape index (κ2) is 6.49. The summed E-state index contributed by atoms with van der Waals surface area (Å²) in [5, 5.41) is 11.7. The quantitative estimate of drug-likeness (QED) is 0.756. The molecule has 0 aromatic carbocycles. The molecular formula is C12H21N3O. The largest absolute Gasteiger partial charge is 0.355 e. The zero-order chi connectivity index (χ0) is 12.0. The Balaban J connectivity index is 2.26. The summed E-state index contributed by atoms with van der Waals surface area (Å²) in [5.74, 6) is -0.0158. The first-order valence-corrected chi connectivity index (χ1v) is 6.03. The molecule has 0 aromatic rings. The average Bonchev–Trinajstić information content (AvgIpc) is 2.68. The van der Waals surface area contributed by atoms with Crippen molar-refractivity contribution in [3.05, 3.63) is 0 Å². The summed E-state index contributed by atoms with van der Waals surface area (Å²) < 4.78 is 0. The van der Waals surface area contributed by atoms with Crippen LogP contribution in [0.4, 0.5) is 0 Å². The molecule has 1 fully saturated rings. The van der Waals surface area contributed by atoms with Gasteiger partial charge in [0.05, 0.1) is 6.07 Å². The maximum absolute atomic E-state index is 11.7. The van der Waals surface area contributed by atoms with Gasteiger partial charge in [0.2, 0.25) is 5.91 Å². The van der Waals surface area contributed by atoms with Gasteiger partial charge in [-0.1, -0.05) is 13.3 Å². The zero-order valence-corrected chi connectivity index (χ0v) is 10.2. The third kappa shape index (κ3) is 3.82. The van der Waals surface area contributed by atoms with Crippen LogP contribution in [-0.4, -0.2) is 37.5 Å². The van der Waals surface area contributed by atoms with Crippen molar-refractivity contribution in [2.45, 2.75) is 26.2 Å². The lowest BCUT2D eigenvalue weighted by Gasteiger charge is -2.13. The van der Waals surface area contributed by atoms with E-state index in [2.05, 4.69) is 23.3 Å². The highest BCUT2D eigenvalue weighted by molar-refractivity contribution is 5.80. The van der Waals surface area contributed by atoms with Crippen LogP contribution < -0.4 is 5.32 Å². The van der Waals surface area contributed by atoms with Gasteiger partial charge in [-0.2, -0.15) is 5.26 Å². The van der Waals surface area contributed by atoms with Crippen LogP contribution in [0.2, 0.25) is 0 Å². The molecule has 1 heterocycles. The van der Waals surface area contributed by atoms with E-state index in [1.54, 1.807) is 0 Å². The van der Waals surface area contributed by atoms with Crippen molar-refractivity contribution >= 4 is 5.91 Å². The standard InChI is InChI=1S/C12H21N3O/c1-3-4-11(7-13)12(16)14-8-10-5-6-15(2)9-10/h10-11H,3-6,8-9H2,1-2H3,(H,14,16). The molecule has 0 aromatic heterocycles. The number of likely N-dealkylation sites (tertiary alicyclic amines) is 1. The second-order valence-electron chi connectivity index (χ2n) is 4.63. The smallest absolute Gasteiger partial charge is 0.237 e. The van der Waals surface area contributed by atoms with Crippen LogP contribution in [0.15, 0.2) is 0 Å². The molecule has 16 heavy (non-hydrogen) atoms. The van der Waals surface area contributed by atoms with Crippen molar-refractivity contribution in [2.24, 2.45) is 11.8 Å². The number of carbonyl (C=O) groups is 1. The van der Waals surface area contributed by atoms with Gasteiger partial charge in [0.1, 0.15) is 5.92 Å². The van der Waals surface area contributed by atoms with Gasteiger partial charge in [-0.05, 0) is 32.4 Å². The van der Waals surface area contributed by atoms with Crippen LogP contribution in [0, 0.1) is 23.2 Å². The molecule has 2 atom stereocenters. The van der Waals surface area contributed by atoms with Gasteiger partial charge in [0.15, 0.2) is 0 Å². The van der Waals surface area contributed by atoms with E-state index in [1.807, 2.05) is 6.92 Å². The van der Waals surface area contributed by atoms with Crippen molar-refractivity contribution in [3.8, 4) is 6.07 Å². The molecule has 1 aliphatic rings. The van der Waals surface area contributed by atoms with Gasteiger partial charge in [-0.3, -0.25) is 4.79 Å². The Bertz CT molecular complexity index is 272. The van der Waals surface area contributed by atoms with Crippen LogP contribution >= 0.6 is 0 Å². The lowest BCUT2D eigenvalue weighted by molar-refractivity contribution is -0.123. The molecule has 1 N–H and O–H groups in total. The van der Waals surface area contributed by atoms with Gasteiger partial charge in [-0.15, -0.1) is 0 Å². The average molecular weight is 223 g/mol. The third-order valence-electron chi connectivity index (χ3n) is 3.10. The number of hydrogen-bond acceptors (Lipinski definition) is 3. The molecule has 90 valence electrons. The van der Waals surface area contributed by atoms with Gasteiger partial charge < -0.3 is 10.2 Å². The minimum Gasteiger partial charge on any atom is -0.355 e. The van der Waals surface area contributed by atoms with Crippen LogP contribution in [0.1, 0.15) is 26.2 Å². The van der Waals surface area contributed by atoms with Crippen molar-refractivity contribution in [1.29, 1.82) is 5.26 Å². The number of nitrogens with one attached hydrogen (secondary N) is 1. The predicted molar refractivity (Wildman–Crippen MR) is 62.6 cm³/mol. The fraction of sp³-hybridized carbons (Fsp3) is 0.833. The lowest BCUT2D eigenvalue weighted by Crippen LogP contribution is -2.34. The Morgan fingerprint density at radius 3 is 2.94 bits per heavy atom. The van der Waals surface area contributed by atoms with Crippen molar-refractivity contribution in [3.63, 3.8) is 0 Å². The lowest BCUT2D eigenvalue weighted by atomic mass is 10.0. The molecule has 0 spiro atoms.